The molecule has 0 aromatic heterocycles. The molecule has 3 nitrogen and oxygen atoms in total. The molecule has 1 aromatic carbocycles. The number of halogens is 1. The van der Waals surface area contributed by atoms with Crippen molar-refractivity contribution >= 4 is 17.4 Å². The molecule has 0 unspecified atom stereocenters. The maximum atomic E-state index is 9.43. The highest BCUT2D eigenvalue weighted by molar-refractivity contribution is 6.32. The summed E-state index contributed by atoms with van der Waals surface area (Å²) in [5.74, 6) is 0.202. The molecule has 0 amide bonds. The Morgan fingerprint density at radius 1 is 1.50 bits per heavy atom. The lowest BCUT2D eigenvalue weighted by molar-refractivity contribution is 0.373. The summed E-state index contributed by atoms with van der Waals surface area (Å²) in [7, 11) is 1.42. The first-order chi connectivity index (χ1) is 6.60. The summed E-state index contributed by atoms with van der Waals surface area (Å²) >= 11 is 5.73. The molecular formula is C10H11ClO3. The van der Waals surface area contributed by atoms with Gasteiger partial charge in [-0.25, -0.2) is 0 Å². The van der Waals surface area contributed by atoms with Gasteiger partial charge in [-0.1, -0.05) is 11.6 Å². The summed E-state index contributed by atoms with van der Waals surface area (Å²) in [6.45, 7) is 1.70. The van der Waals surface area contributed by atoms with Crippen molar-refractivity contribution in [2.24, 2.45) is 0 Å². The molecule has 0 saturated carbocycles. The van der Waals surface area contributed by atoms with E-state index in [1.807, 2.05) is 0 Å². The Morgan fingerprint density at radius 3 is 2.64 bits per heavy atom. The fourth-order valence-electron chi connectivity index (χ4n) is 1.04. The standard InChI is InChI=1S/C10H11ClO3/c1-3-8(12)6-4-7(11)10(13)9(5-6)14-2/h3-5,12-13H,1-2H3. The van der Waals surface area contributed by atoms with Gasteiger partial charge in [0.05, 0.1) is 12.1 Å². The van der Waals surface area contributed by atoms with Crippen molar-refractivity contribution in [3.8, 4) is 11.5 Å². The van der Waals surface area contributed by atoms with Crippen LogP contribution in [0.3, 0.4) is 0 Å². The van der Waals surface area contributed by atoms with Crippen molar-refractivity contribution in [3.05, 3.63) is 28.8 Å². The third-order valence-corrected chi connectivity index (χ3v) is 2.11. The van der Waals surface area contributed by atoms with Crippen molar-refractivity contribution in [1.82, 2.24) is 0 Å². The molecule has 0 radical (unpaired) electrons. The number of hydrogen-bond donors (Lipinski definition) is 2. The van der Waals surface area contributed by atoms with E-state index in [2.05, 4.69) is 0 Å². The molecule has 0 saturated heterocycles. The molecule has 4 heteroatoms. The molecule has 2 N–H and O–H groups in total. The molecule has 14 heavy (non-hydrogen) atoms. The summed E-state index contributed by atoms with van der Waals surface area (Å²) in [6, 6.07) is 2.98. The van der Waals surface area contributed by atoms with Crippen molar-refractivity contribution in [2.75, 3.05) is 7.11 Å². The fourth-order valence-corrected chi connectivity index (χ4v) is 1.25. The normalized spacial score (nSPS) is 11.5. The van der Waals surface area contributed by atoms with E-state index in [1.165, 1.54) is 25.3 Å². The predicted molar refractivity (Wildman–Crippen MR) is 55.9 cm³/mol. The minimum absolute atomic E-state index is 0.0881. The number of ether oxygens (including phenoxy) is 1. The van der Waals surface area contributed by atoms with E-state index in [-0.39, 0.29) is 22.3 Å². The number of aliphatic hydroxyl groups excluding tert-OH is 1. The van der Waals surface area contributed by atoms with Gasteiger partial charge in [0.25, 0.3) is 0 Å². The van der Waals surface area contributed by atoms with Crippen LogP contribution in [-0.4, -0.2) is 17.3 Å². The molecule has 76 valence electrons. The third-order valence-electron chi connectivity index (χ3n) is 1.82. The van der Waals surface area contributed by atoms with Gasteiger partial charge in [0.2, 0.25) is 0 Å². The van der Waals surface area contributed by atoms with Gasteiger partial charge < -0.3 is 14.9 Å². The number of aliphatic hydroxyl groups is 1. The lowest BCUT2D eigenvalue weighted by atomic mass is 10.1. The zero-order valence-electron chi connectivity index (χ0n) is 7.91. The number of phenolic OH excluding ortho intramolecular Hbond substituents is 1. The molecule has 0 fully saturated rings. The van der Waals surface area contributed by atoms with E-state index in [1.54, 1.807) is 6.92 Å². The molecule has 0 bridgehead atoms. The molecule has 1 rings (SSSR count). The van der Waals surface area contributed by atoms with Gasteiger partial charge in [-0.05, 0) is 25.1 Å². The summed E-state index contributed by atoms with van der Waals surface area (Å²) < 4.78 is 4.89. The highest BCUT2D eigenvalue weighted by Gasteiger charge is 2.10. The second-order valence-electron chi connectivity index (χ2n) is 2.68. The molecular weight excluding hydrogens is 204 g/mol. The Labute approximate surface area is 87.2 Å². The second kappa shape index (κ2) is 4.24. The summed E-state index contributed by atoms with van der Waals surface area (Å²) in [5.41, 5.74) is 0.507. The van der Waals surface area contributed by atoms with Gasteiger partial charge in [-0.3, -0.25) is 0 Å². The van der Waals surface area contributed by atoms with Gasteiger partial charge >= 0.3 is 0 Å². The van der Waals surface area contributed by atoms with E-state index in [0.29, 0.717) is 5.56 Å². The minimum atomic E-state index is -0.123. The lowest BCUT2D eigenvalue weighted by Crippen LogP contribution is -1.88. The SMILES string of the molecule is CC=C(O)c1cc(Cl)c(O)c(OC)c1. The maximum Gasteiger partial charge on any atom is 0.176 e. The molecule has 0 spiro atoms. The lowest BCUT2D eigenvalue weighted by Gasteiger charge is -2.07. The van der Waals surface area contributed by atoms with Gasteiger partial charge in [-0.2, -0.15) is 0 Å². The van der Waals surface area contributed by atoms with Gasteiger partial charge in [-0.15, -0.1) is 0 Å². The van der Waals surface area contributed by atoms with E-state index in [4.69, 9.17) is 16.3 Å². The average molecular weight is 215 g/mol. The predicted octanol–water partition coefficient (Wildman–Crippen LogP) is 2.97. The van der Waals surface area contributed by atoms with Crippen LogP contribution in [0.2, 0.25) is 5.02 Å². The van der Waals surface area contributed by atoms with Crippen LogP contribution in [0.4, 0.5) is 0 Å². The number of rotatable bonds is 2. The maximum absolute atomic E-state index is 9.43. The minimum Gasteiger partial charge on any atom is -0.508 e. The van der Waals surface area contributed by atoms with E-state index >= 15 is 0 Å². The van der Waals surface area contributed by atoms with Crippen LogP contribution in [0.5, 0.6) is 11.5 Å². The number of aromatic hydroxyl groups is 1. The smallest absolute Gasteiger partial charge is 0.176 e. The third kappa shape index (κ3) is 1.93. The molecule has 0 aliphatic rings. The monoisotopic (exact) mass is 214 g/mol. The van der Waals surface area contributed by atoms with Crippen molar-refractivity contribution in [2.45, 2.75) is 6.92 Å². The molecule has 0 atom stereocenters. The Morgan fingerprint density at radius 2 is 2.14 bits per heavy atom. The molecule has 1 aromatic rings. The number of benzene rings is 1. The first-order valence-electron chi connectivity index (χ1n) is 4.02. The largest absolute Gasteiger partial charge is 0.508 e. The van der Waals surface area contributed by atoms with Crippen LogP contribution < -0.4 is 4.74 Å². The first-order valence-corrected chi connectivity index (χ1v) is 4.40. The second-order valence-corrected chi connectivity index (χ2v) is 3.09. The van der Waals surface area contributed by atoms with E-state index in [0.717, 1.165) is 0 Å². The number of methoxy groups -OCH3 is 1. The Kier molecular flexibility index (Phi) is 3.25. The molecule has 0 heterocycles. The van der Waals surface area contributed by atoms with Crippen LogP contribution in [-0.2, 0) is 0 Å². The zero-order chi connectivity index (χ0) is 10.7. The number of hydrogen-bond acceptors (Lipinski definition) is 3. The van der Waals surface area contributed by atoms with Gasteiger partial charge in [0.15, 0.2) is 11.5 Å². The molecule has 0 aliphatic heterocycles. The summed E-state index contributed by atoms with van der Waals surface area (Å²) in [4.78, 5) is 0. The van der Waals surface area contributed by atoms with Crippen LogP contribution in [0.1, 0.15) is 12.5 Å². The fraction of sp³-hybridized carbons (Fsp3) is 0.200. The van der Waals surface area contributed by atoms with Crippen LogP contribution >= 0.6 is 11.6 Å². The van der Waals surface area contributed by atoms with Crippen LogP contribution in [0.15, 0.2) is 18.2 Å². The number of allylic oxidation sites excluding steroid dienone is 1. The van der Waals surface area contributed by atoms with Gasteiger partial charge in [0.1, 0.15) is 5.76 Å². The van der Waals surface area contributed by atoms with E-state index in [9.17, 15) is 10.2 Å². The van der Waals surface area contributed by atoms with Crippen LogP contribution in [0, 0.1) is 0 Å². The Bertz CT molecular complexity index is 372. The van der Waals surface area contributed by atoms with Gasteiger partial charge in [0, 0.05) is 5.56 Å². The summed E-state index contributed by atoms with van der Waals surface area (Å²) in [6.07, 6.45) is 1.53. The van der Waals surface area contributed by atoms with Crippen LogP contribution in [0.25, 0.3) is 5.76 Å². The van der Waals surface area contributed by atoms with Crippen molar-refractivity contribution in [1.29, 1.82) is 0 Å². The summed E-state index contributed by atoms with van der Waals surface area (Å²) in [5, 5.41) is 19.0. The topological polar surface area (TPSA) is 49.7 Å². The highest BCUT2D eigenvalue weighted by atomic mass is 35.5. The first kappa shape index (κ1) is 10.7. The average Bonchev–Trinajstić information content (AvgIpc) is 2.20. The van der Waals surface area contributed by atoms with Crippen molar-refractivity contribution < 1.29 is 14.9 Å². The van der Waals surface area contributed by atoms with Crippen molar-refractivity contribution in [3.63, 3.8) is 0 Å². The number of phenols is 1. The zero-order valence-corrected chi connectivity index (χ0v) is 8.67. The van der Waals surface area contributed by atoms with E-state index < -0.39 is 0 Å². The molecule has 0 aliphatic carbocycles. The quantitative estimate of drug-likeness (QED) is 0.745. The Balaban J connectivity index is 3.30. The highest BCUT2D eigenvalue weighted by Crippen LogP contribution is 2.36. The Hall–Kier alpha value is -1.35.